The molecule has 0 aliphatic carbocycles. The number of amides is 2. The highest BCUT2D eigenvalue weighted by atomic mass is 16.5. The Morgan fingerprint density at radius 1 is 0.964 bits per heavy atom. The van der Waals surface area contributed by atoms with Crippen LogP contribution in [0.1, 0.15) is 23.1 Å². The van der Waals surface area contributed by atoms with Crippen LogP contribution in [-0.2, 0) is 9.59 Å². The average Bonchev–Trinajstić information content (AvgIpc) is 2.76. The van der Waals surface area contributed by atoms with Crippen molar-refractivity contribution in [2.75, 3.05) is 13.1 Å². The number of rotatable bonds is 5. The van der Waals surface area contributed by atoms with Crippen molar-refractivity contribution in [3.05, 3.63) is 89.5 Å². The van der Waals surface area contributed by atoms with Crippen LogP contribution in [0.25, 0.3) is 17.7 Å². The van der Waals surface area contributed by atoms with E-state index in [0.29, 0.717) is 13.1 Å². The minimum absolute atomic E-state index is 0.0258. The molecule has 5 nitrogen and oxygen atoms in total. The predicted molar refractivity (Wildman–Crippen MR) is 110 cm³/mol. The average molecular weight is 374 g/mol. The van der Waals surface area contributed by atoms with E-state index in [4.69, 9.17) is 5.21 Å². The highest BCUT2D eigenvalue weighted by Gasteiger charge is 2.17. The molecule has 0 bridgehead atoms. The number of hydrogen-bond acceptors (Lipinski definition) is 3. The molecule has 28 heavy (non-hydrogen) atoms. The molecule has 2 aromatic carbocycles. The van der Waals surface area contributed by atoms with Gasteiger partial charge in [-0.3, -0.25) is 14.8 Å². The molecular formula is C23H22N2O3. The van der Waals surface area contributed by atoms with Crippen LogP contribution in [0.2, 0.25) is 0 Å². The van der Waals surface area contributed by atoms with E-state index >= 15 is 0 Å². The minimum Gasteiger partial charge on any atom is -0.335 e. The molecule has 1 heterocycles. The van der Waals surface area contributed by atoms with Gasteiger partial charge in [-0.25, -0.2) is 5.48 Å². The van der Waals surface area contributed by atoms with Gasteiger partial charge in [-0.1, -0.05) is 54.6 Å². The highest BCUT2D eigenvalue weighted by Crippen LogP contribution is 2.21. The largest absolute Gasteiger partial charge is 0.335 e. The Labute approximate surface area is 164 Å². The first kappa shape index (κ1) is 19.3. The van der Waals surface area contributed by atoms with E-state index < -0.39 is 5.91 Å². The predicted octanol–water partition coefficient (Wildman–Crippen LogP) is 3.53. The summed E-state index contributed by atoms with van der Waals surface area (Å²) >= 11 is 0. The molecule has 0 saturated carbocycles. The van der Waals surface area contributed by atoms with Crippen molar-refractivity contribution in [1.82, 2.24) is 10.4 Å². The van der Waals surface area contributed by atoms with Crippen molar-refractivity contribution in [1.29, 1.82) is 0 Å². The van der Waals surface area contributed by atoms with Crippen LogP contribution in [0.4, 0.5) is 0 Å². The summed E-state index contributed by atoms with van der Waals surface area (Å²) in [6, 6.07) is 17.5. The molecule has 142 valence electrons. The van der Waals surface area contributed by atoms with Crippen LogP contribution in [0.5, 0.6) is 0 Å². The Balaban J connectivity index is 1.65. The van der Waals surface area contributed by atoms with Crippen molar-refractivity contribution in [3.63, 3.8) is 0 Å². The summed E-state index contributed by atoms with van der Waals surface area (Å²) in [5.41, 5.74) is 5.52. The Morgan fingerprint density at radius 3 is 2.39 bits per heavy atom. The SMILES string of the molecule is O=C(C=Cc1cccc(C=CC(=O)N2CCC=C(c3ccccc3)C2)c1)NO. The number of hydroxylamine groups is 1. The smallest absolute Gasteiger partial charge is 0.267 e. The Bertz CT molecular complexity index is 930. The van der Waals surface area contributed by atoms with E-state index in [1.54, 1.807) is 23.7 Å². The molecule has 5 heteroatoms. The fourth-order valence-electron chi connectivity index (χ4n) is 3.04. The molecule has 0 saturated heterocycles. The van der Waals surface area contributed by atoms with Crippen LogP contribution in [0.3, 0.4) is 0 Å². The summed E-state index contributed by atoms with van der Waals surface area (Å²) in [6.45, 7) is 1.31. The molecule has 0 atom stereocenters. The first-order valence-corrected chi connectivity index (χ1v) is 9.09. The van der Waals surface area contributed by atoms with Crippen molar-refractivity contribution in [2.24, 2.45) is 0 Å². The monoisotopic (exact) mass is 374 g/mol. The zero-order valence-corrected chi connectivity index (χ0v) is 15.4. The van der Waals surface area contributed by atoms with Gasteiger partial charge in [0.2, 0.25) is 5.91 Å². The summed E-state index contributed by atoms with van der Waals surface area (Å²) in [7, 11) is 0. The third-order valence-electron chi connectivity index (χ3n) is 4.47. The first-order valence-electron chi connectivity index (χ1n) is 9.09. The van der Waals surface area contributed by atoms with E-state index in [-0.39, 0.29) is 5.91 Å². The molecule has 2 aromatic rings. The fraction of sp³-hybridized carbons (Fsp3) is 0.130. The van der Waals surface area contributed by atoms with E-state index in [0.717, 1.165) is 23.1 Å². The Kier molecular flexibility index (Phi) is 6.54. The maximum Gasteiger partial charge on any atom is 0.267 e. The third kappa shape index (κ3) is 5.28. The molecule has 2 N–H and O–H groups in total. The van der Waals surface area contributed by atoms with Gasteiger partial charge >= 0.3 is 0 Å². The van der Waals surface area contributed by atoms with Gasteiger partial charge in [-0.2, -0.15) is 0 Å². The molecule has 0 aromatic heterocycles. The lowest BCUT2D eigenvalue weighted by Crippen LogP contribution is -2.34. The van der Waals surface area contributed by atoms with Gasteiger partial charge in [0.15, 0.2) is 0 Å². The normalized spacial score (nSPS) is 14.3. The lowest BCUT2D eigenvalue weighted by molar-refractivity contribution is -0.125. The quantitative estimate of drug-likeness (QED) is 0.478. The molecular weight excluding hydrogens is 352 g/mol. The van der Waals surface area contributed by atoms with E-state index in [1.807, 2.05) is 47.4 Å². The summed E-state index contributed by atoms with van der Waals surface area (Å²) in [5, 5.41) is 8.52. The van der Waals surface area contributed by atoms with Gasteiger partial charge in [-0.15, -0.1) is 0 Å². The summed E-state index contributed by atoms with van der Waals surface area (Å²) in [6.07, 6.45) is 9.22. The zero-order valence-electron chi connectivity index (χ0n) is 15.4. The van der Waals surface area contributed by atoms with Crippen LogP contribution in [0.15, 0.2) is 72.8 Å². The summed E-state index contributed by atoms with van der Waals surface area (Å²) < 4.78 is 0. The lowest BCUT2D eigenvalue weighted by Gasteiger charge is -2.26. The second kappa shape index (κ2) is 9.48. The van der Waals surface area contributed by atoms with E-state index in [9.17, 15) is 9.59 Å². The maximum absolute atomic E-state index is 12.6. The van der Waals surface area contributed by atoms with Crippen LogP contribution >= 0.6 is 0 Å². The van der Waals surface area contributed by atoms with Gasteiger partial charge in [0.25, 0.3) is 5.91 Å². The van der Waals surface area contributed by atoms with Gasteiger partial charge in [0.1, 0.15) is 0 Å². The van der Waals surface area contributed by atoms with E-state index in [2.05, 4.69) is 18.2 Å². The van der Waals surface area contributed by atoms with Crippen LogP contribution in [-0.4, -0.2) is 35.0 Å². The van der Waals surface area contributed by atoms with Crippen LogP contribution in [0, 0.1) is 0 Å². The summed E-state index contributed by atoms with van der Waals surface area (Å²) in [4.78, 5) is 25.5. The maximum atomic E-state index is 12.6. The number of nitrogens with zero attached hydrogens (tertiary/aromatic N) is 1. The lowest BCUT2D eigenvalue weighted by atomic mass is 10.0. The van der Waals surface area contributed by atoms with Crippen molar-refractivity contribution in [2.45, 2.75) is 6.42 Å². The standard InChI is InChI=1S/C23H22N2O3/c26-22(24-28)13-11-18-6-4-7-19(16-18)12-14-23(27)25-15-5-10-21(17-25)20-8-2-1-3-9-20/h1-4,6-14,16,28H,5,15,17H2,(H,24,26). The molecule has 2 amide bonds. The number of carbonyl (C=O) groups is 2. The third-order valence-corrected chi connectivity index (χ3v) is 4.47. The Hall–Kier alpha value is -3.44. The highest BCUT2D eigenvalue weighted by molar-refractivity contribution is 5.93. The topological polar surface area (TPSA) is 69.6 Å². The van der Waals surface area contributed by atoms with Gasteiger partial charge in [0, 0.05) is 25.2 Å². The first-order chi connectivity index (χ1) is 13.7. The number of nitrogens with one attached hydrogen (secondary N) is 1. The molecule has 3 rings (SSSR count). The van der Waals surface area contributed by atoms with Crippen molar-refractivity contribution >= 4 is 29.5 Å². The van der Waals surface area contributed by atoms with Crippen molar-refractivity contribution < 1.29 is 14.8 Å². The fourth-order valence-corrected chi connectivity index (χ4v) is 3.04. The van der Waals surface area contributed by atoms with Gasteiger partial charge in [-0.05, 0) is 46.9 Å². The molecule has 0 fully saturated rings. The number of carbonyl (C=O) groups excluding carboxylic acids is 2. The van der Waals surface area contributed by atoms with Gasteiger partial charge < -0.3 is 4.90 Å². The van der Waals surface area contributed by atoms with Crippen molar-refractivity contribution in [3.8, 4) is 0 Å². The Morgan fingerprint density at radius 2 is 1.68 bits per heavy atom. The van der Waals surface area contributed by atoms with E-state index in [1.165, 1.54) is 11.6 Å². The molecule has 1 aliphatic heterocycles. The number of hydrogen-bond donors (Lipinski definition) is 2. The molecule has 1 aliphatic rings. The zero-order chi connectivity index (χ0) is 19.8. The van der Waals surface area contributed by atoms with Crippen LogP contribution < -0.4 is 5.48 Å². The number of benzene rings is 2. The minimum atomic E-state index is -0.594. The molecule has 0 spiro atoms. The summed E-state index contributed by atoms with van der Waals surface area (Å²) in [5.74, 6) is -0.620. The second-order valence-corrected chi connectivity index (χ2v) is 6.46. The molecule has 0 radical (unpaired) electrons. The second-order valence-electron chi connectivity index (χ2n) is 6.46. The molecule has 0 unspecified atom stereocenters. The van der Waals surface area contributed by atoms with Gasteiger partial charge in [0.05, 0.1) is 0 Å².